The fraction of sp³-hybridized carbons (Fsp3) is 0.357. The van der Waals surface area contributed by atoms with Crippen LogP contribution in [0.25, 0.3) is 0 Å². The van der Waals surface area contributed by atoms with Crippen LogP contribution in [0.1, 0.15) is 17.3 Å². The van der Waals surface area contributed by atoms with Gasteiger partial charge in [0.1, 0.15) is 0 Å². The molecule has 3 heteroatoms. The molecular formula is C14H17N2Se+. The Bertz CT molecular complexity index is 455. The van der Waals surface area contributed by atoms with Crippen LogP contribution in [0, 0.1) is 0 Å². The second-order valence-corrected chi connectivity index (χ2v) is 6.67. The zero-order valence-corrected chi connectivity index (χ0v) is 11.6. The molecule has 0 spiro atoms. The van der Waals surface area contributed by atoms with E-state index < -0.39 is 0 Å². The number of pyridine rings is 1. The Labute approximate surface area is 108 Å². The molecule has 0 amide bonds. The van der Waals surface area contributed by atoms with E-state index in [1.54, 1.807) is 4.44 Å². The number of nitrogens with zero attached hydrogens (tertiary/aromatic N) is 2. The molecule has 3 heterocycles. The van der Waals surface area contributed by atoms with E-state index in [1.165, 1.54) is 31.6 Å². The van der Waals surface area contributed by atoms with Crippen LogP contribution in [0.2, 0.25) is 0 Å². The molecule has 0 saturated carbocycles. The van der Waals surface area contributed by atoms with Gasteiger partial charge in [-0.25, -0.2) is 0 Å². The van der Waals surface area contributed by atoms with Gasteiger partial charge < -0.3 is 0 Å². The number of anilines is 1. The molecule has 0 atom stereocenters. The molecule has 1 saturated heterocycles. The predicted molar refractivity (Wildman–Crippen MR) is 70.6 cm³/mol. The van der Waals surface area contributed by atoms with Crippen LogP contribution in [-0.2, 0) is 6.54 Å². The van der Waals surface area contributed by atoms with E-state index in [0.717, 1.165) is 6.54 Å². The maximum absolute atomic E-state index is 2.48. The number of hydrogen-bond acceptors (Lipinski definition) is 1. The summed E-state index contributed by atoms with van der Waals surface area (Å²) in [4.78, 5) is 4.76. The average molecular weight is 292 g/mol. The molecule has 0 bridgehead atoms. The molecule has 0 unspecified atom stereocenters. The van der Waals surface area contributed by atoms with Gasteiger partial charge >= 0.3 is 108 Å². The van der Waals surface area contributed by atoms with Crippen molar-refractivity contribution in [1.82, 2.24) is 0 Å². The summed E-state index contributed by atoms with van der Waals surface area (Å²) in [6.07, 6.45) is 7.11. The third kappa shape index (κ3) is 2.62. The standard InChI is InChI=1S/C14H17N2Se/c1-2-8-16(7-1)13-5-9-15(10-6-13)12-14-4-3-11-17-14/h3-6,9-11H,1-2,7-8,12H2/q+1. The first-order valence-electron chi connectivity index (χ1n) is 6.18. The Morgan fingerprint density at radius 2 is 1.88 bits per heavy atom. The summed E-state index contributed by atoms with van der Waals surface area (Å²) in [6, 6.07) is 8.93. The number of rotatable bonds is 3. The van der Waals surface area contributed by atoms with Crippen molar-refractivity contribution in [2.45, 2.75) is 19.4 Å². The third-order valence-electron chi connectivity index (χ3n) is 3.26. The van der Waals surface area contributed by atoms with Gasteiger partial charge in [-0.3, -0.25) is 0 Å². The summed E-state index contributed by atoms with van der Waals surface area (Å²) in [6.45, 7) is 3.50. The van der Waals surface area contributed by atoms with E-state index in [2.05, 4.69) is 51.1 Å². The van der Waals surface area contributed by atoms with Crippen LogP contribution in [0.4, 0.5) is 5.69 Å². The van der Waals surface area contributed by atoms with Crippen LogP contribution in [-0.4, -0.2) is 27.6 Å². The van der Waals surface area contributed by atoms with E-state index in [9.17, 15) is 0 Å². The van der Waals surface area contributed by atoms with Crippen molar-refractivity contribution < 1.29 is 4.57 Å². The van der Waals surface area contributed by atoms with Crippen molar-refractivity contribution in [1.29, 1.82) is 0 Å². The Morgan fingerprint density at radius 3 is 2.53 bits per heavy atom. The summed E-state index contributed by atoms with van der Waals surface area (Å²) < 4.78 is 3.83. The zero-order chi connectivity index (χ0) is 11.5. The first-order valence-corrected chi connectivity index (χ1v) is 8.03. The van der Waals surface area contributed by atoms with Gasteiger partial charge in [-0.1, -0.05) is 0 Å². The van der Waals surface area contributed by atoms with E-state index in [1.807, 2.05) is 0 Å². The van der Waals surface area contributed by atoms with Crippen LogP contribution in [0.3, 0.4) is 0 Å². The predicted octanol–water partition coefficient (Wildman–Crippen LogP) is 1.68. The Balaban J connectivity index is 1.71. The van der Waals surface area contributed by atoms with Gasteiger partial charge in [0, 0.05) is 0 Å². The third-order valence-corrected chi connectivity index (χ3v) is 5.07. The van der Waals surface area contributed by atoms with Crippen molar-refractivity contribution in [2.24, 2.45) is 0 Å². The molecule has 2 nitrogen and oxygen atoms in total. The Kier molecular flexibility index (Phi) is 3.30. The molecule has 1 aliphatic rings. The van der Waals surface area contributed by atoms with Gasteiger partial charge in [-0.15, -0.1) is 0 Å². The summed E-state index contributed by atoms with van der Waals surface area (Å²) in [5.41, 5.74) is 1.38. The molecule has 17 heavy (non-hydrogen) atoms. The van der Waals surface area contributed by atoms with Crippen molar-refractivity contribution in [2.75, 3.05) is 18.0 Å². The summed E-state index contributed by atoms with van der Waals surface area (Å²) in [5, 5.41) is 0. The summed E-state index contributed by atoms with van der Waals surface area (Å²) in [7, 11) is 0. The van der Waals surface area contributed by atoms with Crippen LogP contribution in [0.15, 0.2) is 41.6 Å². The molecule has 2 aromatic heterocycles. The molecule has 2 aromatic rings. The number of hydrogen-bond donors (Lipinski definition) is 0. The molecule has 88 valence electrons. The van der Waals surface area contributed by atoms with Crippen LogP contribution < -0.4 is 9.47 Å². The van der Waals surface area contributed by atoms with Gasteiger partial charge in [-0.05, 0) is 0 Å². The van der Waals surface area contributed by atoms with Crippen molar-refractivity contribution in [3.05, 3.63) is 46.0 Å². The molecule has 0 aliphatic carbocycles. The molecule has 0 radical (unpaired) electrons. The van der Waals surface area contributed by atoms with Crippen molar-refractivity contribution in [3.8, 4) is 0 Å². The van der Waals surface area contributed by atoms with E-state index >= 15 is 0 Å². The average Bonchev–Trinajstić information content (AvgIpc) is 3.01. The topological polar surface area (TPSA) is 7.12 Å². The normalized spacial score (nSPS) is 15.4. The first-order chi connectivity index (χ1) is 8.42. The Hall–Kier alpha value is -1.05. The zero-order valence-electron chi connectivity index (χ0n) is 9.88. The van der Waals surface area contributed by atoms with Crippen molar-refractivity contribution >= 4 is 20.2 Å². The fourth-order valence-electron chi connectivity index (χ4n) is 2.32. The van der Waals surface area contributed by atoms with Gasteiger partial charge in [0.2, 0.25) is 0 Å². The molecule has 0 aromatic carbocycles. The van der Waals surface area contributed by atoms with Gasteiger partial charge in [-0.2, -0.15) is 0 Å². The minimum atomic E-state index is 0.584. The molecule has 0 N–H and O–H groups in total. The minimum absolute atomic E-state index is 0.584. The van der Waals surface area contributed by atoms with E-state index in [0.29, 0.717) is 14.5 Å². The van der Waals surface area contributed by atoms with Crippen molar-refractivity contribution in [3.63, 3.8) is 0 Å². The second-order valence-electron chi connectivity index (χ2n) is 4.50. The van der Waals surface area contributed by atoms with Crippen LogP contribution >= 0.6 is 0 Å². The summed E-state index contributed by atoms with van der Waals surface area (Å²) >= 11 is 0.584. The monoisotopic (exact) mass is 293 g/mol. The molecule has 3 rings (SSSR count). The maximum atomic E-state index is 2.48. The van der Waals surface area contributed by atoms with Crippen LogP contribution in [0.5, 0.6) is 0 Å². The molecular weight excluding hydrogens is 275 g/mol. The Morgan fingerprint density at radius 1 is 1.12 bits per heavy atom. The SMILES string of the molecule is c1c[se]c(C[n+]2ccc(N3CCCC3)cc2)c1. The van der Waals surface area contributed by atoms with E-state index in [4.69, 9.17) is 0 Å². The number of aromatic nitrogens is 1. The van der Waals surface area contributed by atoms with Gasteiger partial charge in [0.25, 0.3) is 0 Å². The summed E-state index contributed by atoms with van der Waals surface area (Å²) in [5.74, 6) is 0. The quantitative estimate of drug-likeness (QED) is 0.617. The second kappa shape index (κ2) is 5.07. The fourth-order valence-corrected chi connectivity index (χ4v) is 3.82. The molecule has 1 fully saturated rings. The van der Waals surface area contributed by atoms with E-state index in [-0.39, 0.29) is 0 Å². The van der Waals surface area contributed by atoms with Gasteiger partial charge in [0.15, 0.2) is 0 Å². The van der Waals surface area contributed by atoms with Gasteiger partial charge in [0.05, 0.1) is 0 Å². The molecule has 1 aliphatic heterocycles. The first kappa shape index (κ1) is 11.1.